The molecule has 194 valence electrons. The van der Waals surface area contributed by atoms with Crippen LogP contribution in [0.25, 0.3) is 5.76 Å². The van der Waals surface area contributed by atoms with Gasteiger partial charge in [0.2, 0.25) is 0 Å². The molecular formula is C28H36N2O6. The lowest BCUT2D eigenvalue weighted by Gasteiger charge is -2.28. The molecule has 0 aromatic heterocycles. The van der Waals surface area contributed by atoms with E-state index in [-0.39, 0.29) is 11.3 Å². The summed E-state index contributed by atoms with van der Waals surface area (Å²) in [6.45, 7) is 11.5. The number of carbonyl (C=O) groups excluding carboxylic acids is 2. The molecule has 0 saturated carbocycles. The summed E-state index contributed by atoms with van der Waals surface area (Å²) in [5, 5.41) is 11.3. The smallest absolute Gasteiger partial charge is 0.295 e. The Morgan fingerprint density at radius 3 is 2.19 bits per heavy atom. The van der Waals surface area contributed by atoms with Crippen molar-refractivity contribution < 1.29 is 28.9 Å². The number of likely N-dealkylation sites (tertiary alicyclic amines) is 1. The van der Waals surface area contributed by atoms with Crippen LogP contribution in [-0.2, 0) is 9.59 Å². The molecule has 3 rings (SSSR count). The Hall–Kier alpha value is -3.52. The molecule has 1 aliphatic rings. The van der Waals surface area contributed by atoms with Crippen LogP contribution in [0.3, 0.4) is 0 Å². The lowest BCUT2D eigenvalue weighted by atomic mass is 9.95. The van der Waals surface area contributed by atoms with Gasteiger partial charge in [-0.2, -0.15) is 0 Å². The third-order valence-electron chi connectivity index (χ3n) is 6.33. The van der Waals surface area contributed by atoms with Crippen LogP contribution in [0, 0.1) is 0 Å². The predicted octanol–water partition coefficient (Wildman–Crippen LogP) is 4.26. The minimum atomic E-state index is -0.767. The molecule has 0 aliphatic carbocycles. The van der Waals surface area contributed by atoms with Gasteiger partial charge in [-0.3, -0.25) is 9.59 Å². The molecule has 1 saturated heterocycles. The lowest BCUT2D eigenvalue weighted by molar-refractivity contribution is -0.140. The Morgan fingerprint density at radius 2 is 1.61 bits per heavy atom. The topological polar surface area (TPSA) is 88.5 Å². The third kappa shape index (κ3) is 5.65. The molecule has 2 aromatic carbocycles. The van der Waals surface area contributed by atoms with E-state index in [1.54, 1.807) is 49.6 Å². The normalized spacial score (nSPS) is 17.1. The van der Waals surface area contributed by atoms with Crippen molar-refractivity contribution in [3.05, 3.63) is 59.2 Å². The molecule has 1 aliphatic heterocycles. The van der Waals surface area contributed by atoms with E-state index < -0.39 is 17.7 Å². The fourth-order valence-electron chi connectivity index (χ4n) is 4.41. The minimum absolute atomic E-state index is 0.0509. The molecule has 1 amide bonds. The highest BCUT2D eigenvalue weighted by Gasteiger charge is 2.46. The number of nitrogens with zero attached hydrogens (tertiary/aromatic N) is 2. The van der Waals surface area contributed by atoms with Gasteiger partial charge in [0.1, 0.15) is 11.5 Å². The van der Waals surface area contributed by atoms with E-state index >= 15 is 0 Å². The second-order valence-corrected chi connectivity index (χ2v) is 8.32. The number of aliphatic hydroxyl groups is 1. The van der Waals surface area contributed by atoms with Crippen LogP contribution < -0.4 is 14.2 Å². The van der Waals surface area contributed by atoms with Crippen molar-refractivity contribution in [2.45, 2.75) is 33.7 Å². The molecule has 0 bridgehead atoms. The van der Waals surface area contributed by atoms with Gasteiger partial charge in [0.25, 0.3) is 11.7 Å². The second kappa shape index (κ2) is 12.4. The van der Waals surface area contributed by atoms with Crippen molar-refractivity contribution in [2.24, 2.45) is 0 Å². The molecule has 36 heavy (non-hydrogen) atoms. The van der Waals surface area contributed by atoms with E-state index in [0.717, 1.165) is 13.1 Å². The number of Topliss-reactive ketones (excluding diaryl/α,β-unsaturated/α-hetero) is 1. The van der Waals surface area contributed by atoms with Crippen LogP contribution in [0.1, 0.15) is 44.9 Å². The van der Waals surface area contributed by atoms with E-state index in [4.69, 9.17) is 14.2 Å². The second-order valence-electron chi connectivity index (χ2n) is 8.32. The average Bonchev–Trinajstić information content (AvgIpc) is 3.15. The quantitative estimate of drug-likeness (QED) is 0.267. The molecule has 1 fully saturated rings. The van der Waals surface area contributed by atoms with E-state index in [2.05, 4.69) is 18.7 Å². The first-order valence-electron chi connectivity index (χ1n) is 12.4. The zero-order valence-electron chi connectivity index (χ0n) is 21.7. The Bertz CT molecular complexity index is 1090. The molecule has 8 heteroatoms. The number of amides is 1. The zero-order valence-corrected chi connectivity index (χ0v) is 21.7. The monoisotopic (exact) mass is 496 g/mol. The van der Waals surface area contributed by atoms with Gasteiger partial charge in [0, 0.05) is 18.7 Å². The number of aliphatic hydroxyl groups excluding tert-OH is 1. The molecule has 8 nitrogen and oxygen atoms in total. The van der Waals surface area contributed by atoms with Crippen molar-refractivity contribution in [1.29, 1.82) is 0 Å². The van der Waals surface area contributed by atoms with E-state index in [9.17, 15) is 14.7 Å². The van der Waals surface area contributed by atoms with E-state index in [1.165, 1.54) is 4.90 Å². The lowest BCUT2D eigenvalue weighted by Crippen LogP contribution is -2.38. The van der Waals surface area contributed by atoms with E-state index in [0.29, 0.717) is 54.7 Å². The SMILES string of the molecule is CCOc1ccc(C(O)=C2C(=O)C(=O)N(CCN(CC)CC)[C@@H]2c2ccc(OCC)c(OC)c2)cc1. The maximum atomic E-state index is 13.3. The van der Waals surface area contributed by atoms with Gasteiger partial charge in [-0.05, 0) is 68.9 Å². The molecular weight excluding hydrogens is 460 g/mol. The molecule has 2 aromatic rings. The van der Waals surface area contributed by atoms with Gasteiger partial charge in [0.15, 0.2) is 11.5 Å². The number of benzene rings is 2. The highest BCUT2D eigenvalue weighted by atomic mass is 16.5. The number of methoxy groups -OCH3 is 1. The number of ketones is 1. The molecule has 0 unspecified atom stereocenters. The largest absolute Gasteiger partial charge is 0.507 e. The summed E-state index contributed by atoms with van der Waals surface area (Å²) in [6.07, 6.45) is 0. The minimum Gasteiger partial charge on any atom is -0.507 e. The molecule has 0 spiro atoms. The molecule has 1 atom stereocenters. The Kier molecular flexibility index (Phi) is 9.36. The van der Waals surface area contributed by atoms with Gasteiger partial charge < -0.3 is 29.1 Å². The molecule has 1 heterocycles. The maximum Gasteiger partial charge on any atom is 0.295 e. The van der Waals surface area contributed by atoms with Gasteiger partial charge in [-0.25, -0.2) is 0 Å². The zero-order chi connectivity index (χ0) is 26.2. The number of hydrogen-bond acceptors (Lipinski definition) is 7. The predicted molar refractivity (Wildman–Crippen MR) is 139 cm³/mol. The van der Waals surface area contributed by atoms with E-state index in [1.807, 2.05) is 13.8 Å². The fourth-order valence-corrected chi connectivity index (χ4v) is 4.41. The van der Waals surface area contributed by atoms with Crippen LogP contribution in [0.4, 0.5) is 0 Å². The Balaban J connectivity index is 2.12. The number of rotatable bonds is 12. The third-order valence-corrected chi connectivity index (χ3v) is 6.33. The summed E-state index contributed by atoms with van der Waals surface area (Å²) < 4.78 is 16.7. The highest BCUT2D eigenvalue weighted by Crippen LogP contribution is 2.42. The Labute approximate surface area is 213 Å². The van der Waals surface area contributed by atoms with Crippen molar-refractivity contribution in [2.75, 3.05) is 46.5 Å². The maximum absolute atomic E-state index is 13.3. The number of ether oxygens (including phenoxy) is 3. The first-order chi connectivity index (χ1) is 17.4. The van der Waals surface area contributed by atoms with Gasteiger partial charge in [-0.15, -0.1) is 0 Å². The number of likely N-dealkylation sites (N-methyl/N-ethyl adjacent to an activating group) is 1. The summed E-state index contributed by atoms with van der Waals surface area (Å²) >= 11 is 0. The molecule has 0 radical (unpaired) electrons. The highest BCUT2D eigenvalue weighted by molar-refractivity contribution is 6.46. The first-order valence-corrected chi connectivity index (χ1v) is 12.4. The summed E-state index contributed by atoms with van der Waals surface area (Å²) in [5.74, 6) is 0.146. The van der Waals surface area contributed by atoms with Crippen LogP contribution in [0.2, 0.25) is 0 Å². The van der Waals surface area contributed by atoms with Crippen LogP contribution in [0.5, 0.6) is 17.2 Å². The standard InChI is InChI=1S/C28H36N2O6/c1-6-29(7-2)16-17-30-25(20-12-15-22(36-9-4)23(18-20)34-5)24(27(32)28(30)33)26(31)19-10-13-21(14-11-19)35-8-3/h10-15,18,25,31H,6-9,16-17H2,1-5H3/t25-/m1/s1. The first kappa shape index (κ1) is 27.1. The van der Waals surface area contributed by atoms with Gasteiger partial charge in [-0.1, -0.05) is 19.9 Å². The van der Waals surface area contributed by atoms with Crippen molar-refractivity contribution >= 4 is 17.4 Å². The summed E-state index contributed by atoms with van der Waals surface area (Å²) in [4.78, 5) is 30.2. The Morgan fingerprint density at radius 1 is 0.944 bits per heavy atom. The van der Waals surface area contributed by atoms with Crippen LogP contribution in [0.15, 0.2) is 48.0 Å². The fraction of sp³-hybridized carbons (Fsp3) is 0.429. The number of carbonyl (C=O) groups is 2. The van der Waals surface area contributed by atoms with Crippen molar-refractivity contribution in [1.82, 2.24) is 9.80 Å². The van der Waals surface area contributed by atoms with Crippen LogP contribution >= 0.6 is 0 Å². The summed E-state index contributed by atoms with van der Waals surface area (Å²) in [5.41, 5.74) is 1.14. The number of hydrogen-bond donors (Lipinski definition) is 1. The van der Waals surface area contributed by atoms with Crippen molar-refractivity contribution in [3.63, 3.8) is 0 Å². The van der Waals surface area contributed by atoms with Gasteiger partial charge in [0.05, 0.1) is 31.9 Å². The summed E-state index contributed by atoms with van der Waals surface area (Å²) in [6, 6.07) is 11.4. The van der Waals surface area contributed by atoms with Crippen LogP contribution in [-0.4, -0.2) is 73.1 Å². The van der Waals surface area contributed by atoms with Crippen molar-refractivity contribution in [3.8, 4) is 17.2 Å². The molecule has 1 N–H and O–H groups in total. The van der Waals surface area contributed by atoms with Gasteiger partial charge >= 0.3 is 0 Å². The summed E-state index contributed by atoms with van der Waals surface area (Å²) in [7, 11) is 1.54. The average molecular weight is 497 g/mol.